The van der Waals surface area contributed by atoms with Crippen molar-refractivity contribution in [2.24, 2.45) is 10.9 Å². The number of aromatic nitrogens is 2. The minimum atomic E-state index is -4.21. The van der Waals surface area contributed by atoms with Gasteiger partial charge < -0.3 is 4.90 Å². The Balaban J connectivity index is 1.41. The molecule has 2 amide bonds. The maximum absolute atomic E-state index is 13.3. The van der Waals surface area contributed by atoms with E-state index < -0.39 is 18.3 Å². The second-order valence-corrected chi connectivity index (χ2v) is 8.80. The molecule has 3 saturated heterocycles. The van der Waals surface area contributed by atoms with Crippen LogP contribution >= 0.6 is 0 Å². The van der Waals surface area contributed by atoms with E-state index in [0.29, 0.717) is 24.6 Å². The van der Waals surface area contributed by atoms with E-state index in [-0.39, 0.29) is 31.1 Å². The summed E-state index contributed by atoms with van der Waals surface area (Å²) in [4.78, 5) is 32.0. The molecule has 2 bridgehead atoms. The summed E-state index contributed by atoms with van der Waals surface area (Å²) in [6, 6.07) is -0.411. The first-order chi connectivity index (χ1) is 15.4. The lowest BCUT2D eigenvalue weighted by Crippen LogP contribution is -2.67. The molecule has 1 N–H and O–H groups in total. The zero-order valence-corrected chi connectivity index (χ0v) is 17.6. The zero-order chi connectivity index (χ0) is 22.3. The molecule has 0 aliphatic carbocycles. The van der Waals surface area contributed by atoms with E-state index in [0.717, 1.165) is 25.9 Å². The molecule has 5 heterocycles. The van der Waals surface area contributed by atoms with Crippen molar-refractivity contribution in [3.63, 3.8) is 0 Å². The van der Waals surface area contributed by atoms with Gasteiger partial charge >= 0.3 is 12.2 Å². The minimum Gasteiger partial charge on any atom is -0.356 e. The molecule has 0 spiro atoms. The van der Waals surface area contributed by atoms with E-state index in [2.05, 4.69) is 20.2 Å². The van der Waals surface area contributed by atoms with E-state index in [4.69, 9.17) is 4.99 Å². The molecular weight excluding hydrogens is 423 g/mol. The van der Waals surface area contributed by atoms with Gasteiger partial charge in [-0.3, -0.25) is 20.1 Å². The van der Waals surface area contributed by atoms with Crippen LogP contribution in [0, 0.1) is 5.92 Å². The highest BCUT2D eigenvalue weighted by Crippen LogP contribution is 2.35. The van der Waals surface area contributed by atoms with E-state index in [1.807, 2.05) is 12.2 Å². The predicted molar refractivity (Wildman–Crippen MR) is 112 cm³/mol. The largest absolute Gasteiger partial charge is 0.393 e. The molecule has 0 aromatic carbocycles. The molecule has 4 aliphatic rings. The number of fused-ring (bicyclic) bond motifs is 4. The Morgan fingerprint density at radius 3 is 2.75 bits per heavy atom. The van der Waals surface area contributed by atoms with Crippen molar-refractivity contribution in [2.45, 2.75) is 50.1 Å². The number of anilines is 1. The van der Waals surface area contributed by atoms with Gasteiger partial charge in [-0.05, 0) is 38.3 Å². The molecule has 11 heteroatoms. The average molecular weight is 449 g/mol. The Morgan fingerprint density at radius 2 is 1.97 bits per heavy atom. The van der Waals surface area contributed by atoms with Gasteiger partial charge in [-0.1, -0.05) is 6.08 Å². The van der Waals surface area contributed by atoms with Crippen LogP contribution in [0.2, 0.25) is 0 Å². The number of halogens is 3. The summed E-state index contributed by atoms with van der Waals surface area (Å²) >= 11 is 0. The van der Waals surface area contributed by atoms with Crippen LogP contribution in [0.1, 0.15) is 25.7 Å². The fourth-order valence-corrected chi connectivity index (χ4v) is 5.24. The van der Waals surface area contributed by atoms with Gasteiger partial charge in [0.05, 0.1) is 18.2 Å². The van der Waals surface area contributed by atoms with Gasteiger partial charge in [0, 0.05) is 38.1 Å². The third-order valence-corrected chi connectivity index (χ3v) is 6.78. The number of alkyl halides is 3. The maximum Gasteiger partial charge on any atom is 0.393 e. The Hall–Kier alpha value is -2.69. The molecule has 4 unspecified atom stereocenters. The summed E-state index contributed by atoms with van der Waals surface area (Å²) in [5, 5.41) is 2.81. The van der Waals surface area contributed by atoms with E-state index in [1.54, 1.807) is 9.80 Å². The number of likely N-dealkylation sites (tertiary alicyclic amines) is 1. The lowest BCUT2D eigenvalue weighted by Gasteiger charge is -2.53. The molecule has 0 saturated carbocycles. The van der Waals surface area contributed by atoms with Crippen molar-refractivity contribution in [3.8, 4) is 0 Å². The third-order valence-electron chi connectivity index (χ3n) is 6.78. The van der Waals surface area contributed by atoms with Crippen LogP contribution < -0.4 is 5.32 Å². The Kier molecular flexibility index (Phi) is 5.52. The molecule has 8 nitrogen and oxygen atoms in total. The molecule has 1 aromatic rings. The number of amidine groups is 1. The summed E-state index contributed by atoms with van der Waals surface area (Å²) in [7, 11) is 0. The second-order valence-electron chi connectivity index (χ2n) is 8.80. The SMILES string of the molecule is O=C(Nc1cnccn1)N1C2N=C(N3CCCC(C(F)(F)F)C3)C=CC2N2CCC[C@H]1C2. The van der Waals surface area contributed by atoms with Crippen LogP contribution in [0.4, 0.5) is 23.8 Å². The lowest BCUT2D eigenvalue weighted by atomic mass is 9.93. The van der Waals surface area contributed by atoms with Gasteiger partial charge in [0.1, 0.15) is 12.0 Å². The fourth-order valence-electron chi connectivity index (χ4n) is 5.24. The summed E-state index contributed by atoms with van der Waals surface area (Å²) < 4.78 is 40.0. The van der Waals surface area contributed by atoms with Crippen molar-refractivity contribution >= 4 is 17.7 Å². The van der Waals surface area contributed by atoms with Gasteiger partial charge in [-0.2, -0.15) is 13.2 Å². The van der Waals surface area contributed by atoms with Crippen LogP contribution in [-0.2, 0) is 0 Å². The molecule has 32 heavy (non-hydrogen) atoms. The van der Waals surface area contributed by atoms with Crippen molar-refractivity contribution in [2.75, 3.05) is 31.5 Å². The third kappa shape index (κ3) is 4.05. The van der Waals surface area contributed by atoms with Gasteiger partial charge in [0.25, 0.3) is 0 Å². The number of rotatable bonds is 1. The smallest absolute Gasteiger partial charge is 0.356 e. The first-order valence-electron chi connectivity index (χ1n) is 11.1. The summed E-state index contributed by atoms with van der Waals surface area (Å²) in [5.74, 6) is -0.471. The van der Waals surface area contributed by atoms with E-state index in [1.165, 1.54) is 18.6 Å². The number of amides is 2. The van der Waals surface area contributed by atoms with Gasteiger partial charge in [0.15, 0.2) is 5.82 Å². The molecule has 3 fully saturated rings. The number of nitrogens with one attached hydrogen (secondary N) is 1. The summed E-state index contributed by atoms with van der Waals surface area (Å²) in [6.45, 7) is 2.12. The number of dihydropyridines is 1. The molecular formula is C21H26F3N7O. The number of piperazine rings is 1. The topological polar surface area (TPSA) is 77.0 Å². The number of aliphatic imine (C=N–C) groups is 1. The zero-order valence-electron chi connectivity index (χ0n) is 17.6. The molecule has 5 atom stereocenters. The summed E-state index contributed by atoms with van der Waals surface area (Å²) in [5.41, 5.74) is 0. The van der Waals surface area contributed by atoms with Gasteiger partial charge in [0.2, 0.25) is 0 Å². The molecule has 172 valence electrons. The Labute approximate surface area is 184 Å². The number of carbonyl (C=O) groups is 1. The Bertz CT molecular complexity index is 906. The highest BCUT2D eigenvalue weighted by molar-refractivity contribution is 5.95. The quantitative estimate of drug-likeness (QED) is 0.714. The van der Waals surface area contributed by atoms with Crippen molar-refractivity contribution < 1.29 is 18.0 Å². The number of urea groups is 1. The van der Waals surface area contributed by atoms with Crippen LogP contribution in [-0.4, -0.2) is 87.1 Å². The van der Waals surface area contributed by atoms with Crippen molar-refractivity contribution in [1.82, 2.24) is 24.7 Å². The maximum atomic E-state index is 13.3. The van der Waals surface area contributed by atoms with E-state index >= 15 is 0 Å². The van der Waals surface area contributed by atoms with Crippen LogP contribution in [0.3, 0.4) is 0 Å². The number of nitrogens with zero attached hydrogens (tertiary/aromatic N) is 6. The Morgan fingerprint density at radius 1 is 1.12 bits per heavy atom. The van der Waals surface area contributed by atoms with Crippen LogP contribution in [0.15, 0.2) is 35.7 Å². The number of piperidine rings is 2. The van der Waals surface area contributed by atoms with Gasteiger partial charge in [-0.25, -0.2) is 14.8 Å². The average Bonchev–Trinajstić information content (AvgIpc) is 2.79. The predicted octanol–water partition coefficient (Wildman–Crippen LogP) is 2.73. The number of hydrogen-bond donors (Lipinski definition) is 1. The summed E-state index contributed by atoms with van der Waals surface area (Å²) in [6.07, 6.45) is 6.09. The van der Waals surface area contributed by atoms with Crippen LogP contribution in [0.5, 0.6) is 0 Å². The lowest BCUT2D eigenvalue weighted by molar-refractivity contribution is -0.183. The van der Waals surface area contributed by atoms with Gasteiger partial charge in [-0.15, -0.1) is 0 Å². The standard InChI is InChI=1S/C21H26F3N7O/c22-21(23,24)14-3-1-10-30(12-14)18-6-5-16-19(28-18)31(15-4-2-9-29(16)13-15)20(32)27-17-11-25-7-8-26-17/h5-8,11,14-16,19H,1-4,9-10,12-13H2,(H,26,27,32)/t14?,15-,16?,19?/m0/s1. The molecule has 5 rings (SSSR count). The van der Waals surface area contributed by atoms with E-state index in [9.17, 15) is 18.0 Å². The molecule has 1 aromatic heterocycles. The number of hydrogen-bond acceptors (Lipinski definition) is 6. The normalized spacial score (nSPS) is 32.2. The van der Waals surface area contributed by atoms with Crippen molar-refractivity contribution in [3.05, 3.63) is 30.7 Å². The second kappa shape index (κ2) is 8.34. The first kappa shape index (κ1) is 21.2. The fraction of sp³-hybridized carbons (Fsp3) is 0.619. The monoisotopic (exact) mass is 449 g/mol. The highest BCUT2D eigenvalue weighted by Gasteiger charge is 2.47. The van der Waals surface area contributed by atoms with Crippen molar-refractivity contribution in [1.29, 1.82) is 0 Å². The van der Waals surface area contributed by atoms with Crippen LogP contribution in [0.25, 0.3) is 0 Å². The first-order valence-corrected chi connectivity index (χ1v) is 11.1. The molecule has 4 aliphatic heterocycles. The highest BCUT2D eigenvalue weighted by atomic mass is 19.4. The number of carbonyl (C=O) groups excluding carboxylic acids is 1. The molecule has 0 radical (unpaired) electrons. The minimum absolute atomic E-state index is 0.0116.